The molecule has 3 aromatic carbocycles. The third kappa shape index (κ3) is 4.51. The van der Waals surface area contributed by atoms with Crippen LogP contribution < -0.4 is 10.6 Å². The smallest absolute Gasteiger partial charge is 0.252 e. The molecule has 4 aromatic rings. The number of carbonyl (C=O) groups is 2. The van der Waals surface area contributed by atoms with Crippen LogP contribution in [0, 0.1) is 12.7 Å². The summed E-state index contributed by atoms with van der Waals surface area (Å²) in [6.07, 6.45) is 0. The van der Waals surface area contributed by atoms with Crippen LogP contribution in [0.3, 0.4) is 0 Å². The summed E-state index contributed by atoms with van der Waals surface area (Å²) in [6, 6.07) is 20.1. The second-order valence-electron chi connectivity index (χ2n) is 7.61. The number of anilines is 1. The largest absolute Gasteiger partial charge is 0.342 e. The summed E-state index contributed by atoms with van der Waals surface area (Å²) in [7, 11) is 0. The van der Waals surface area contributed by atoms with Gasteiger partial charge in [0.15, 0.2) is 0 Å². The Hall–Kier alpha value is -4.00. The fraction of sp³-hybridized carbons (Fsp3) is 0.160. The lowest BCUT2D eigenvalue weighted by Crippen LogP contribution is -2.30. The molecule has 0 radical (unpaired) electrons. The predicted octanol–water partition coefficient (Wildman–Crippen LogP) is 4.61. The Morgan fingerprint density at radius 1 is 1.03 bits per heavy atom. The van der Waals surface area contributed by atoms with Crippen LogP contribution in [-0.4, -0.2) is 21.4 Å². The first-order valence-corrected chi connectivity index (χ1v) is 10.3. The van der Waals surface area contributed by atoms with E-state index in [4.69, 9.17) is 0 Å². The number of fused-ring (bicyclic) bond motifs is 1. The number of hydrogen-bond donors (Lipinski definition) is 2. The molecular formula is C25H23FN4O2. The molecule has 1 unspecified atom stereocenters. The normalized spacial score (nSPS) is 11.8. The first kappa shape index (κ1) is 21.2. The highest BCUT2D eigenvalue weighted by atomic mass is 19.1. The van der Waals surface area contributed by atoms with Crippen LogP contribution in [0.4, 0.5) is 10.1 Å². The number of para-hydroxylation sites is 2. The number of nitrogens with zero attached hydrogens (tertiary/aromatic N) is 2. The van der Waals surface area contributed by atoms with Crippen LogP contribution in [0.1, 0.15) is 34.7 Å². The maximum absolute atomic E-state index is 13.5. The van der Waals surface area contributed by atoms with Gasteiger partial charge < -0.3 is 15.2 Å². The average molecular weight is 430 g/mol. The van der Waals surface area contributed by atoms with Gasteiger partial charge in [-0.3, -0.25) is 9.59 Å². The van der Waals surface area contributed by atoms with Crippen molar-refractivity contribution in [1.29, 1.82) is 0 Å². The van der Waals surface area contributed by atoms with E-state index in [-0.39, 0.29) is 18.4 Å². The molecule has 6 nitrogen and oxygen atoms in total. The highest BCUT2D eigenvalue weighted by Crippen LogP contribution is 2.22. The quantitative estimate of drug-likeness (QED) is 0.469. The third-order valence-corrected chi connectivity index (χ3v) is 5.22. The zero-order valence-corrected chi connectivity index (χ0v) is 17.8. The summed E-state index contributed by atoms with van der Waals surface area (Å²) in [5.74, 6) is -0.400. The number of rotatable bonds is 6. The molecule has 0 saturated heterocycles. The monoisotopic (exact) mass is 430 g/mol. The molecule has 1 heterocycles. The lowest BCUT2D eigenvalue weighted by molar-refractivity contribution is -0.116. The van der Waals surface area contributed by atoms with Gasteiger partial charge in [-0.2, -0.15) is 0 Å². The third-order valence-electron chi connectivity index (χ3n) is 5.22. The van der Waals surface area contributed by atoms with E-state index in [1.165, 1.54) is 18.2 Å². The zero-order valence-electron chi connectivity index (χ0n) is 17.8. The average Bonchev–Trinajstić information content (AvgIpc) is 3.12. The van der Waals surface area contributed by atoms with Gasteiger partial charge in [0.05, 0.1) is 17.1 Å². The Morgan fingerprint density at radius 3 is 2.56 bits per heavy atom. The molecule has 1 atom stereocenters. The van der Waals surface area contributed by atoms with Crippen LogP contribution >= 0.6 is 0 Å². The van der Waals surface area contributed by atoms with Gasteiger partial charge in [-0.15, -0.1) is 0 Å². The van der Waals surface area contributed by atoms with E-state index in [2.05, 4.69) is 15.6 Å². The molecule has 7 heteroatoms. The van der Waals surface area contributed by atoms with Gasteiger partial charge in [0, 0.05) is 11.3 Å². The first-order chi connectivity index (χ1) is 15.4. The minimum atomic E-state index is -0.448. The van der Waals surface area contributed by atoms with E-state index in [1.807, 2.05) is 56.3 Å². The van der Waals surface area contributed by atoms with Gasteiger partial charge in [-0.05, 0) is 55.8 Å². The molecule has 0 aliphatic carbocycles. The Kier molecular flexibility index (Phi) is 5.98. The highest BCUT2D eigenvalue weighted by Gasteiger charge is 2.21. The van der Waals surface area contributed by atoms with Gasteiger partial charge in [0.1, 0.15) is 18.2 Å². The number of aromatic nitrogens is 2. The summed E-state index contributed by atoms with van der Waals surface area (Å²) < 4.78 is 15.2. The summed E-state index contributed by atoms with van der Waals surface area (Å²) >= 11 is 0. The van der Waals surface area contributed by atoms with E-state index in [1.54, 1.807) is 16.7 Å². The van der Waals surface area contributed by atoms with Crippen molar-refractivity contribution in [3.05, 3.63) is 95.6 Å². The first-order valence-electron chi connectivity index (χ1n) is 10.3. The van der Waals surface area contributed by atoms with Crippen LogP contribution in [0.25, 0.3) is 11.0 Å². The highest BCUT2D eigenvalue weighted by molar-refractivity contribution is 5.96. The molecule has 0 saturated carbocycles. The number of aryl methyl sites for hydroxylation is 1. The van der Waals surface area contributed by atoms with Crippen LogP contribution in [0.15, 0.2) is 72.8 Å². The molecule has 0 bridgehead atoms. The van der Waals surface area contributed by atoms with Crippen molar-refractivity contribution in [3.8, 4) is 0 Å². The second-order valence-corrected chi connectivity index (χ2v) is 7.61. The predicted molar refractivity (Wildman–Crippen MR) is 122 cm³/mol. The van der Waals surface area contributed by atoms with Crippen molar-refractivity contribution in [2.24, 2.45) is 0 Å². The standard InChI is InChI=1S/C25H23FN4O2/c1-16-8-3-4-11-20(16)25(32)27-17(2)24-29-21-12-5-6-13-22(21)30(24)15-23(31)28-19-10-7-9-18(26)14-19/h3-14,17H,15H2,1-2H3,(H,27,32)(H,28,31). The fourth-order valence-corrected chi connectivity index (χ4v) is 3.67. The van der Waals surface area contributed by atoms with Crippen molar-refractivity contribution in [2.75, 3.05) is 5.32 Å². The molecule has 0 aliphatic heterocycles. The summed E-state index contributed by atoms with van der Waals surface area (Å²) in [6.45, 7) is 3.68. The van der Waals surface area contributed by atoms with Gasteiger partial charge >= 0.3 is 0 Å². The lowest BCUT2D eigenvalue weighted by atomic mass is 10.1. The molecule has 2 N–H and O–H groups in total. The SMILES string of the molecule is Cc1ccccc1C(=O)NC(C)c1nc2ccccc2n1CC(=O)Nc1cccc(F)c1. The maximum Gasteiger partial charge on any atom is 0.252 e. The molecule has 162 valence electrons. The van der Waals surface area contributed by atoms with E-state index in [9.17, 15) is 14.0 Å². The summed E-state index contributed by atoms with van der Waals surface area (Å²) in [5.41, 5.74) is 3.33. The van der Waals surface area contributed by atoms with E-state index in [0.29, 0.717) is 17.1 Å². The molecule has 0 fully saturated rings. The molecule has 0 spiro atoms. The van der Waals surface area contributed by atoms with E-state index >= 15 is 0 Å². The molecule has 2 amide bonds. The number of carbonyl (C=O) groups excluding carboxylic acids is 2. The van der Waals surface area contributed by atoms with Crippen LogP contribution in [-0.2, 0) is 11.3 Å². The van der Waals surface area contributed by atoms with Gasteiger partial charge in [-0.1, -0.05) is 36.4 Å². The number of imidazole rings is 1. The number of halogens is 1. The van der Waals surface area contributed by atoms with Crippen molar-refractivity contribution in [1.82, 2.24) is 14.9 Å². The maximum atomic E-state index is 13.5. The van der Waals surface area contributed by atoms with Gasteiger partial charge in [-0.25, -0.2) is 9.37 Å². The number of nitrogens with one attached hydrogen (secondary N) is 2. The Balaban J connectivity index is 1.60. The van der Waals surface area contributed by atoms with E-state index < -0.39 is 11.9 Å². The minimum Gasteiger partial charge on any atom is -0.342 e. The Bertz CT molecular complexity index is 1300. The Morgan fingerprint density at radius 2 is 1.78 bits per heavy atom. The van der Waals surface area contributed by atoms with E-state index in [0.717, 1.165) is 16.6 Å². The van der Waals surface area contributed by atoms with Crippen molar-refractivity contribution in [2.45, 2.75) is 26.4 Å². The second kappa shape index (κ2) is 9.01. The fourth-order valence-electron chi connectivity index (χ4n) is 3.67. The molecule has 4 rings (SSSR count). The molecule has 0 aliphatic rings. The van der Waals surface area contributed by atoms with Gasteiger partial charge in [0.2, 0.25) is 5.91 Å². The topological polar surface area (TPSA) is 76.0 Å². The van der Waals surface area contributed by atoms with Crippen LogP contribution in [0.2, 0.25) is 0 Å². The van der Waals surface area contributed by atoms with Crippen molar-refractivity contribution in [3.63, 3.8) is 0 Å². The number of benzene rings is 3. The minimum absolute atomic E-state index is 0.0308. The lowest BCUT2D eigenvalue weighted by Gasteiger charge is -2.17. The molecular weight excluding hydrogens is 407 g/mol. The summed E-state index contributed by atoms with van der Waals surface area (Å²) in [4.78, 5) is 30.2. The number of amides is 2. The summed E-state index contributed by atoms with van der Waals surface area (Å²) in [5, 5.41) is 5.69. The number of hydrogen-bond acceptors (Lipinski definition) is 3. The zero-order chi connectivity index (χ0) is 22.7. The van der Waals surface area contributed by atoms with Crippen LogP contribution in [0.5, 0.6) is 0 Å². The molecule has 32 heavy (non-hydrogen) atoms. The van der Waals surface area contributed by atoms with Crippen molar-refractivity contribution < 1.29 is 14.0 Å². The van der Waals surface area contributed by atoms with Crippen molar-refractivity contribution >= 4 is 28.5 Å². The molecule has 1 aromatic heterocycles. The Labute approximate surface area is 185 Å². The van der Waals surface area contributed by atoms with Gasteiger partial charge in [0.25, 0.3) is 5.91 Å².